The molecule has 4 N–H and O–H groups in total. The van der Waals surface area contributed by atoms with Gasteiger partial charge in [0.05, 0.1) is 25.4 Å². The topological polar surface area (TPSA) is 84.2 Å². The van der Waals surface area contributed by atoms with Gasteiger partial charge in [0, 0.05) is 29.9 Å². The molecular weight excluding hydrogens is 258 g/mol. The third-order valence-corrected chi connectivity index (χ3v) is 3.04. The van der Waals surface area contributed by atoms with E-state index in [-0.39, 0.29) is 13.2 Å². The monoisotopic (exact) mass is 283 g/mol. The molecule has 114 valence electrons. The highest BCUT2D eigenvalue weighted by Crippen LogP contribution is 2.28. The Kier molecular flexibility index (Phi) is 6.42. The van der Waals surface area contributed by atoms with Crippen LogP contribution in [0.15, 0.2) is 12.1 Å². The molecule has 0 aliphatic rings. The summed E-state index contributed by atoms with van der Waals surface area (Å²) in [4.78, 5) is 1.81. The van der Waals surface area contributed by atoms with Crippen molar-refractivity contribution < 1.29 is 20.4 Å². The number of rotatable bonds is 7. The molecule has 1 aromatic carbocycles. The molecule has 1 aromatic rings. The first-order valence-corrected chi connectivity index (χ1v) is 6.84. The zero-order chi connectivity index (χ0) is 15.3. The van der Waals surface area contributed by atoms with Crippen LogP contribution in [0.25, 0.3) is 0 Å². The smallest absolute Gasteiger partial charge is 0.0702 e. The van der Waals surface area contributed by atoms with Crippen LogP contribution >= 0.6 is 0 Å². The van der Waals surface area contributed by atoms with Crippen molar-refractivity contribution >= 4 is 5.69 Å². The van der Waals surface area contributed by atoms with E-state index < -0.39 is 12.2 Å². The first-order chi connectivity index (χ1) is 9.38. The molecule has 2 unspecified atom stereocenters. The zero-order valence-electron chi connectivity index (χ0n) is 12.4. The Bertz CT molecular complexity index is 397. The average molecular weight is 283 g/mol. The lowest BCUT2D eigenvalue weighted by Gasteiger charge is -2.31. The molecular formula is C15H25NO4. The van der Waals surface area contributed by atoms with E-state index >= 15 is 0 Å². The largest absolute Gasteiger partial charge is 0.392 e. The van der Waals surface area contributed by atoms with E-state index in [4.69, 9.17) is 0 Å². The summed E-state index contributed by atoms with van der Waals surface area (Å²) in [6.45, 7) is 5.58. The molecule has 2 atom stereocenters. The van der Waals surface area contributed by atoms with Gasteiger partial charge in [0.1, 0.15) is 0 Å². The lowest BCUT2D eigenvalue weighted by molar-refractivity contribution is 0.177. The maximum absolute atomic E-state index is 9.63. The number of aliphatic hydroxyl groups is 4. The highest BCUT2D eigenvalue weighted by molar-refractivity contribution is 5.61. The van der Waals surface area contributed by atoms with Crippen molar-refractivity contribution in [1.29, 1.82) is 0 Å². The Morgan fingerprint density at radius 1 is 0.950 bits per heavy atom. The zero-order valence-corrected chi connectivity index (χ0v) is 12.4. The minimum absolute atomic E-state index is 0.153. The molecule has 0 saturated carbocycles. The predicted octanol–water partition coefficient (Wildman–Crippen LogP) is 0.548. The van der Waals surface area contributed by atoms with Crippen LogP contribution in [0.3, 0.4) is 0 Å². The summed E-state index contributed by atoms with van der Waals surface area (Å²) >= 11 is 0. The molecule has 5 heteroatoms. The standard InChI is InChI=1S/C15H25NO4/c1-10-4-13(8-17)15(14(5-10)9-18)16(6-11(2)19)7-12(3)20/h4-5,11-12,17-20H,6-9H2,1-3H3. The van der Waals surface area contributed by atoms with E-state index in [9.17, 15) is 20.4 Å². The van der Waals surface area contributed by atoms with Crippen molar-refractivity contribution in [3.63, 3.8) is 0 Å². The van der Waals surface area contributed by atoms with Gasteiger partial charge in [-0.3, -0.25) is 0 Å². The molecule has 0 aromatic heterocycles. The highest BCUT2D eigenvalue weighted by atomic mass is 16.3. The van der Waals surface area contributed by atoms with Crippen molar-refractivity contribution in [2.45, 2.75) is 46.2 Å². The molecule has 0 aliphatic heterocycles. The van der Waals surface area contributed by atoms with Crippen LogP contribution in [0.1, 0.15) is 30.5 Å². The van der Waals surface area contributed by atoms with Gasteiger partial charge in [0.25, 0.3) is 0 Å². The lowest BCUT2D eigenvalue weighted by atomic mass is 10.0. The van der Waals surface area contributed by atoms with Crippen LogP contribution in [-0.4, -0.2) is 45.7 Å². The minimum Gasteiger partial charge on any atom is -0.392 e. The van der Waals surface area contributed by atoms with Gasteiger partial charge >= 0.3 is 0 Å². The molecule has 0 fully saturated rings. The molecule has 0 aliphatic carbocycles. The van der Waals surface area contributed by atoms with E-state index in [1.54, 1.807) is 13.8 Å². The van der Waals surface area contributed by atoms with Crippen LogP contribution in [-0.2, 0) is 13.2 Å². The van der Waals surface area contributed by atoms with Gasteiger partial charge in [-0.25, -0.2) is 0 Å². The Morgan fingerprint density at radius 2 is 1.35 bits per heavy atom. The van der Waals surface area contributed by atoms with Gasteiger partial charge in [-0.1, -0.05) is 17.7 Å². The maximum Gasteiger partial charge on any atom is 0.0702 e. The Hall–Kier alpha value is -1.14. The molecule has 0 amide bonds. The number of aliphatic hydroxyl groups excluding tert-OH is 4. The van der Waals surface area contributed by atoms with Gasteiger partial charge in [-0.05, 0) is 20.8 Å². The lowest BCUT2D eigenvalue weighted by Crippen LogP contribution is -2.37. The summed E-state index contributed by atoms with van der Waals surface area (Å²) in [5.74, 6) is 0. The molecule has 1 rings (SSSR count). The van der Waals surface area contributed by atoms with E-state index in [2.05, 4.69) is 0 Å². The summed E-state index contributed by atoms with van der Waals surface area (Å²) in [5, 5.41) is 38.4. The van der Waals surface area contributed by atoms with Crippen LogP contribution in [0.2, 0.25) is 0 Å². The molecule has 0 bridgehead atoms. The number of anilines is 1. The van der Waals surface area contributed by atoms with Crippen molar-refractivity contribution in [3.8, 4) is 0 Å². The quantitative estimate of drug-likeness (QED) is 0.587. The first kappa shape index (κ1) is 16.9. The fourth-order valence-electron chi connectivity index (χ4n) is 2.48. The first-order valence-electron chi connectivity index (χ1n) is 6.84. The summed E-state index contributed by atoms with van der Waals surface area (Å²) in [5.41, 5.74) is 3.03. The highest BCUT2D eigenvalue weighted by Gasteiger charge is 2.19. The van der Waals surface area contributed by atoms with Crippen molar-refractivity contribution in [2.24, 2.45) is 0 Å². The van der Waals surface area contributed by atoms with Crippen LogP contribution in [0.4, 0.5) is 5.69 Å². The van der Waals surface area contributed by atoms with Crippen molar-refractivity contribution in [2.75, 3.05) is 18.0 Å². The summed E-state index contributed by atoms with van der Waals surface area (Å²) in [7, 11) is 0. The van der Waals surface area contributed by atoms with Crippen molar-refractivity contribution in [3.05, 3.63) is 28.8 Å². The van der Waals surface area contributed by atoms with E-state index in [0.717, 1.165) is 5.56 Å². The number of hydrogen-bond acceptors (Lipinski definition) is 5. The molecule has 0 spiro atoms. The predicted molar refractivity (Wildman–Crippen MR) is 78.6 cm³/mol. The second-order valence-corrected chi connectivity index (χ2v) is 5.35. The van der Waals surface area contributed by atoms with Gasteiger partial charge < -0.3 is 25.3 Å². The van der Waals surface area contributed by atoms with Gasteiger partial charge in [-0.15, -0.1) is 0 Å². The third kappa shape index (κ3) is 4.45. The summed E-state index contributed by atoms with van der Waals surface area (Å²) in [6, 6.07) is 3.71. The van der Waals surface area contributed by atoms with E-state index in [0.29, 0.717) is 29.9 Å². The molecule has 20 heavy (non-hydrogen) atoms. The molecule has 0 heterocycles. The SMILES string of the molecule is Cc1cc(CO)c(N(CC(C)O)CC(C)O)c(CO)c1. The number of hydrogen-bond donors (Lipinski definition) is 4. The Balaban J connectivity index is 3.28. The maximum atomic E-state index is 9.63. The number of nitrogens with zero attached hydrogens (tertiary/aromatic N) is 1. The normalized spacial score (nSPS) is 14.2. The second-order valence-electron chi connectivity index (χ2n) is 5.35. The second kappa shape index (κ2) is 7.59. The van der Waals surface area contributed by atoms with Gasteiger partial charge in [-0.2, -0.15) is 0 Å². The molecule has 5 nitrogen and oxygen atoms in total. The number of benzene rings is 1. The molecule has 0 saturated heterocycles. The third-order valence-electron chi connectivity index (χ3n) is 3.04. The van der Waals surface area contributed by atoms with E-state index in [1.807, 2.05) is 24.0 Å². The van der Waals surface area contributed by atoms with Crippen molar-refractivity contribution in [1.82, 2.24) is 0 Å². The van der Waals surface area contributed by atoms with Crippen LogP contribution < -0.4 is 4.90 Å². The Labute approximate surface area is 120 Å². The summed E-state index contributed by atoms with van der Waals surface area (Å²) in [6.07, 6.45) is -1.15. The van der Waals surface area contributed by atoms with Crippen LogP contribution in [0, 0.1) is 6.92 Å². The minimum atomic E-state index is -0.576. The fraction of sp³-hybridized carbons (Fsp3) is 0.600. The Morgan fingerprint density at radius 3 is 1.65 bits per heavy atom. The summed E-state index contributed by atoms with van der Waals surface area (Å²) < 4.78 is 0. The van der Waals surface area contributed by atoms with E-state index in [1.165, 1.54) is 0 Å². The van der Waals surface area contributed by atoms with Gasteiger partial charge in [0.15, 0.2) is 0 Å². The van der Waals surface area contributed by atoms with Crippen LogP contribution in [0.5, 0.6) is 0 Å². The average Bonchev–Trinajstić information content (AvgIpc) is 2.35. The molecule has 0 radical (unpaired) electrons. The fourth-order valence-corrected chi connectivity index (χ4v) is 2.48. The number of aryl methyl sites for hydroxylation is 1. The van der Waals surface area contributed by atoms with Gasteiger partial charge in [0.2, 0.25) is 0 Å².